The van der Waals surface area contributed by atoms with Crippen LogP contribution in [-0.2, 0) is 4.74 Å². The van der Waals surface area contributed by atoms with E-state index < -0.39 is 0 Å². The average Bonchev–Trinajstić information content (AvgIpc) is 3.23. The number of benzene rings is 1. The second-order valence-corrected chi connectivity index (χ2v) is 4.77. The average molecular weight is 241 g/mol. The Morgan fingerprint density at radius 2 is 2.11 bits per heavy atom. The Morgan fingerprint density at radius 1 is 1.33 bits per heavy atom. The lowest BCUT2D eigenvalue weighted by atomic mass is 9.99. The van der Waals surface area contributed by atoms with Gasteiger partial charge in [0.15, 0.2) is 5.78 Å². The van der Waals surface area contributed by atoms with Gasteiger partial charge in [-0.3, -0.25) is 9.78 Å². The number of carbonyl (C=O) groups excluding carboxylic acids is 1. The molecule has 3 heteroatoms. The predicted molar refractivity (Wildman–Crippen MR) is 69.6 cm³/mol. The molecule has 1 heterocycles. The zero-order chi connectivity index (χ0) is 12.5. The van der Waals surface area contributed by atoms with Crippen molar-refractivity contribution in [3.05, 3.63) is 42.2 Å². The summed E-state index contributed by atoms with van der Waals surface area (Å²) in [4.78, 5) is 16.7. The molecule has 0 spiro atoms. The number of pyridine rings is 1. The Labute approximate surface area is 106 Å². The lowest BCUT2D eigenvalue weighted by Gasteiger charge is -2.14. The van der Waals surface area contributed by atoms with Gasteiger partial charge in [0.05, 0.1) is 0 Å². The van der Waals surface area contributed by atoms with Gasteiger partial charge < -0.3 is 4.74 Å². The van der Waals surface area contributed by atoms with Gasteiger partial charge >= 0.3 is 0 Å². The third kappa shape index (κ3) is 1.91. The molecule has 0 radical (unpaired) electrons. The largest absolute Gasteiger partial charge is 0.373 e. The van der Waals surface area contributed by atoms with Gasteiger partial charge in [-0.05, 0) is 24.1 Å². The van der Waals surface area contributed by atoms with E-state index in [1.165, 1.54) is 0 Å². The summed E-state index contributed by atoms with van der Waals surface area (Å²) in [5.74, 6) is 0.450. The van der Waals surface area contributed by atoms with Gasteiger partial charge in [0.1, 0.15) is 6.10 Å². The summed E-state index contributed by atoms with van der Waals surface area (Å²) in [7, 11) is 1.61. The van der Waals surface area contributed by atoms with Crippen LogP contribution in [0.25, 0.3) is 10.8 Å². The zero-order valence-electron chi connectivity index (χ0n) is 10.3. The number of hydrogen-bond acceptors (Lipinski definition) is 3. The normalized spacial score (nSPS) is 16.7. The molecule has 1 aliphatic rings. The molecule has 1 aliphatic carbocycles. The Kier molecular flexibility index (Phi) is 2.84. The fraction of sp³-hybridized carbons (Fsp3) is 0.333. The van der Waals surface area contributed by atoms with Crippen LogP contribution >= 0.6 is 0 Å². The number of fused-ring (bicyclic) bond motifs is 1. The molecule has 1 atom stereocenters. The van der Waals surface area contributed by atoms with Crippen molar-refractivity contribution in [1.82, 2.24) is 4.98 Å². The van der Waals surface area contributed by atoms with Gasteiger partial charge in [-0.25, -0.2) is 0 Å². The number of hydrogen-bond donors (Lipinski definition) is 0. The summed E-state index contributed by atoms with van der Waals surface area (Å²) >= 11 is 0. The highest BCUT2D eigenvalue weighted by Gasteiger charge is 2.37. The van der Waals surface area contributed by atoms with Crippen molar-refractivity contribution in [2.75, 3.05) is 7.11 Å². The highest BCUT2D eigenvalue weighted by molar-refractivity contribution is 6.09. The molecule has 1 aromatic heterocycles. The van der Waals surface area contributed by atoms with Gasteiger partial charge in [-0.1, -0.05) is 24.3 Å². The predicted octanol–water partition coefficient (Wildman–Crippen LogP) is 2.84. The van der Waals surface area contributed by atoms with Crippen LogP contribution in [0.3, 0.4) is 0 Å². The van der Waals surface area contributed by atoms with Crippen molar-refractivity contribution in [2.45, 2.75) is 18.9 Å². The number of methoxy groups -OCH3 is 1. The van der Waals surface area contributed by atoms with Crippen molar-refractivity contribution >= 4 is 16.6 Å². The van der Waals surface area contributed by atoms with Crippen molar-refractivity contribution in [3.8, 4) is 0 Å². The number of nitrogens with zero attached hydrogens (tertiary/aromatic N) is 1. The van der Waals surface area contributed by atoms with E-state index in [1.54, 1.807) is 19.5 Å². The molecule has 0 saturated heterocycles. The smallest absolute Gasteiger partial charge is 0.193 e. The first-order chi connectivity index (χ1) is 8.81. The molecule has 2 aromatic rings. The minimum atomic E-state index is -0.308. The molecule has 0 aliphatic heterocycles. The minimum absolute atomic E-state index is 0.0595. The Hall–Kier alpha value is -1.74. The maximum atomic E-state index is 12.5. The summed E-state index contributed by atoms with van der Waals surface area (Å²) < 4.78 is 5.36. The quantitative estimate of drug-likeness (QED) is 0.773. The standard InChI is InChI=1S/C15H15NO2/c1-18-15(10-6-7-10)14(17)13-9-16-8-11-4-2-3-5-12(11)13/h2-5,8-10,15H,6-7H2,1H3. The molecule has 1 unspecified atom stereocenters. The molecule has 18 heavy (non-hydrogen) atoms. The van der Waals surface area contributed by atoms with E-state index in [4.69, 9.17) is 4.74 Å². The molecule has 0 bridgehead atoms. The SMILES string of the molecule is COC(C(=O)c1cncc2ccccc12)C1CC1. The Morgan fingerprint density at radius 3 is 2.83 bits per heavy atom. The molecule has 3 rings (SSSR count). The van der Waals surface area contributed by atoms with E-state index in [-0.39, 0.29) is 11.9 Å². The highest BCUT2D eigenvalue weighted by atomic mass is 16.5. The van der Waals surface area contributed by atoms with Gasteiger partial charge in [-0.15, -0.1) is 0 Å². The third-order valence-corrected chi connectivity index (χ3v) is 3.50. The number of Topliss-reactive ketones (excluding diaryl/α,β-unsaturated/α-hetero) is 1. The second-order valence-electron chi connectivity index (χ2n) is 4.77. The maximum Gasteiger partial charge on any atom is 0.193 e. The van der Waals surface area contributed by atoms with Crippen molar-refractivity contribution in [3.63, 3.8) is 0 Å². The fourth-order valence-electron chi connectivity index (χ4n) is 2.38. The van der Waals surface area contributed by atoms with Crippen molar-refractivity contribution in [1.29, 1.82) is 0 Å². The van der Waals surface area contributed by atoms with Crippen LogP contribution in [0.5, 0.6) is 0 Å². The zero-order valence-corrected chi connectivity index (χ0v) is 10.3. The lowest BCUT2D eigenvalue weighted by Crippen LogP contribution is -2.25. The molecular weight excluding hydrogens is 226 g/mol. The number of ether oxygens (including phenoxy) is 1. The van der Waals surface area contributed by atoms with Gasteiger partial charge in [0.25, 0.3) is 0 Å². The van der Waals surface area contributed by atoms with E-state index in [0.717, 1.165) is 23.6 Å². The molecule has 1 fully saturated rings. The van der Waals surface area contributed by atoms with E-state index in [1.807, 2.05) is 24.3 Å². The summed E-state index contributed by atoms with van der Waals surface area (Å²) in [5.41, 5.74) is 0.673. The number of ketones is 1. The van der Waals surface area contributed by atoms with Crippen LogP contribution in [0.1, 0.15) is 23.2 Å². The number of carbonyl (C=O) groups is 1. The van der Waals surface area contributed by atoms with Crippen LogP contribution in [0, 0.1) is 5.92 Å². The number of rotatable bonds is 4. The van der Waals surface area contributed by atoms with Crippen LogP contribution in [0.2, 0.25) is 0 Å². The summed E-state index contributed by atoms with van der Waals surface area (Å²) in [6.45, 7) is 0. The monoisotopic (exact) mass is 241 g/mol. The molecule has 3 nitrogen and oxygen atoms in total. The van der Waals surface area contributed by atoms with Crippen LogP contribution in [0.15, 0.2) is 36.7 Å². The summed E-state index contributed by atoms with van der Waals surface area (Å²) in [6.07, 6.45) is 5.30. The number of aromatic nitrogens is 1. The fourth-order valence-corrected chi connectivity index (χ4v) is 2.38. The van der Waals surface area contributed by atoms with Gasteiger partial charge in [0, 0.05) is 30.5 Å². The van der Waals surface area contributed by atoms with Gasteiger partial charge in [0.2, 0.25) is 0 Å². The van der Waals surface area contributed by atoms with Crippen LogP contribution in [0.4, 0.5) is 0 Å². The highest BCUT2D eigenvalue weighted by Crippen LogP contribution is 2.36. The van der Waals surface area contributed by atoms with Gasteiger partial charge in [-0.2, -0.15) is 0 Å². The van der Waals surface area contributed by atoms with E-state index in [0.29, 0.717) is 11.5 Å². The minimum Gasteiger partial charge on any atom is -0.373 e. The first-order valence-electron chi connectivity index (χ1n) is 6.21. The summed E-state index contributed by atoms with van der Waals surface area (Å²) in [6, 6.07) is 7.83. The third-order valence-electron chi connectivity index (χ3n) is 3.50. The van der Waals surface area contributed by atoms with E-state index in [9.17, 15) is 4.79 Å². The Bertz CT molecular complexity index is 585. The molecular formula is C15H15NO2. The van der Waals surface area contributed by atoms with Crippen molar-refractivity contribution < 1.29 is 9.53 Å². The molecule has 1 aromatic carbocycles. The molecule has 1 saturated carbocycles. The van der Waals surface area contributed by atoms with Crippen LogP contribution in [-0.4, -0.2) is 24.0 Å². The summed E-state index contributed by atoms with van der Waals surface area (Å²) in [5, 5.41) is 1.95. The maximum absolute atomic E-state index is 12.5. The van der Waals surface area contributed by atoms with Crippen molar-refractivity contribution in [2.24, 2.45) is 5.92 Å². The molecule has 0 amide bonds. The first kappa shape index (κ1) is 11.4. The second kappa shape index (κ2) is 4.50. The van der Waals surface area contributed by atoms with Crippen LogP contribution < -0.4 is 0 Å². The van der Waals surface area contributed by atoms with E-state index >= 15 is 0 Å². The lowest BCUT2D eigenvalue weighted by molar-refractivity contribution is 0.0541. The first-order valence-corrected chi connectivity index (χ1v) is 6.21. The topological polar surface area (TPSA) is 39.2 Å². The Balaban J connectivity index is 2.05. The van der Waals surface area contributed by atoms with E-state index in [2.05, 4.69) is 4.98 Å². The molecule has 0 N–H and O–H groups in total. The molecule has 92 valence electrons.